The Morgan fingerprint density at radius 2 is 1.69 bits per heavy atom. The maximum absolute atomic E-state index is 12.6. The zero-order valence-corrected chi connectivity index (χ0v) is 17.1. The highest BCUT2D eigenvalue weighted by Gasteiger charge is 2.21. The molecule has 7 nitrogen and oxygen atoms in total. The van der Waals surface area contributed by atoms with Gasteiger partial charge in [0.05, 0.1) is 4.90 Å². The van der Waals surface area contributed by atoms with Gasteiger partial charge in [-0.05, 0) is 42.3 Å². The van der Waals surface area contributed by atoms with Crippen molar-refractivity contribution in [2.45, 2.75) is 11.8 Å². The minimum absolute atomic E-state index is 0.0673. The first kappa shape index (κ1) is 20.5. The highest BCUT2D eigenvalue weighted by Crippen LogP contribution is 2.23. The summed E-state index contributed by atoms with van der Waals surface area (Å²) in [5.74, 6) is -0.622. The van der Waals surface area contributed by atoms with Gasteiger partial charge in [-0.2, -0.15) is 0 Å². The van der Waals surface area contributed by atoms with Crippen molar-refractivity contribution in [3.05, 3.63) is 82.1 Å². The Morgan fingerprint density at radius 1 is 1.00 bits per heavy atom. The van der Waals surface area contributed by atoms with E-state index in [0.717, 1.165) is 9.87 Å². The molecule has 29 heavy (non-hydrogen) atoms. The standard InChI is InChI=1S/C21H21N3O4S/c1-14-9-10-16(13-19(14)29(27,28)24(2)3)22-20(25)17-11-12-18(23-21(17)26)15-7-5-4-6-8-15/h4-13H,1-3H3,(H,22,25)(H,23,26). The van der Waals surface area contributed by atoms with Gasteiger partial charge in [0.1, 0.15) is 5.56 Å². The largest absolute Gasteiger partial charge is 0.322 e. The van der Waals surface area contributed by atoms with Crippen LogP contribution in [0.5, 0.6) is 0 Å². The summed E-state index contributed by atoms with van der Waals surface area (Å²) in [6.45, 7) is 1.68. The Balaban J connectivity index is 1.89. The summed E-state index contributed by atoms with van der Waals surface area (Å²) in [6.07, 6.45) is 0. The number of H-pyrrole nitrogens is 1. The molecule has 0 aliphatic heterocycles. The number of nitrogens with zero attached hydrogens (tertiary/aromatic N) is 1. The summed E-state index contributed by atoms with van der Waals surface area (Å²) in [4.78, 5) is 27.8. The fraction of sp³-hybridized carbons (Fsp3) is 0.143. The lowest BCUT2D eigenvalue weighted by molar-refractivity contribution is 0.102. The maximum Gasteiger partial charge on any atom is 0.261 e. The van der Waals surface area contributed by atoms with E-state index in [1.165, 1.54) is 26.2 Å². The monoisotopic (exact) mass is 411 g/mol. The van der Waals surface area contributed by atoms with Crippen LogP contribution in [0.4, 0.5) is 5.69 Å². The summed E-state index contributed by atoms with van der Waals surface area (Å²) >= 11 is 0. The number of sulfonamides is 1. The molecule has 0 aliphatic carbocycles. The lowest BCUT2D eigenvalue weighted by atomic mass is 10.1. The molecule has 0 saturated heterocycles. The van der Waals surface area contributed by atoms with Gasteiger partial charge in [-0.15, -0.1) is 0 Å². The number of anilines is 1. The van der Waals surface area contributed by atoms with Crippen molar-refractivity contribution in [1.82, 2.24) is 9.29 Å². The Labute approximate surface area is 169 Å². The van der Waals surface area contributed by atoms with Gasteiger partial charge in [-0.3, -0.25) is 9.59 Å². The van der Waals surface area contributed by atoms with Crippen LogP contribution in [-0.4, -0.2) is 37.7 Å². The highest BCUT2D eigenvalue weighted by atomic mass is 32.2. The Kier molecular flexibility index (Phi) is 5.67. The molecule has 2 N–H and O–H groups in total. The minimum Gasteiger partial charge on any atom is -0.322 e. The molecular weight excluding hydrogens is 390 g/mol. The zero-order chi connectivity index (χ0) is 21.2. The molecule has 150 valence electrons. The molecule has 2 aromatic carbocycles. The first-order chi connectivity index (χ1) is 13.7. The summed E-state index contributed by atoms with van der Waals surface area (Å²) in [7, 11) is -0.784. The van der Waals surface area contributed by atoms with E-state index >= 15 is 0 Å². The number of hydrogen-bond donors (Lipinski definition) is 2. The van der Waals surface area contributed by atoms with Gasteiger partial charge in [0.25, 0.3) is 11.5 Å². The predicted octanol–water partition coefficient (Wildman–Crippen LogP) is 2.85. The fourth-order valence-electron chi connectivity index (χ4n) is 2.79. The lowest BCUT2D eigenvalue weighted by Gasteiger charge is -2.15. The van der Waals surface area contributed by atoms with Crippen LogP contribution in [-0.2, 0) is 10.0 Å². The van der Waals surface area contributed by atoms with Gasteiger partial charge in [0, 0.05) is 25.5 Å². The SMILES string of the molecule is Cc1ccc(NC(=O)c2ccc(-c3ccccc3)[nH]c2=O)cc1S(=O)(=O)N(C)C. The third kappa shape index (κ3) is 4.28. The second-order valence-corrected chi connectivity index (χ2v) is 8.82. The average molecular weight is 411 g/mol. The van der Waals surface area contributed by atoms with E-state index in [1.807, 2.05) is 30.3 Å². The van der Waals surface area contributed by atoms with Crippen molar-refractivity contribution in [2.75, 3.05) is 19.4 Å². The molecule has 0 radical (unpaired) electrons. The van der Waals surface area contributed by atoms with E-state index < -0.39 is 21.5 Å². The number of aromatic nitrogens is 1. The molecule has 1 aromatic heterocycles. The van der Waals surface area contributed by atoms with Crippen LogP contribution in [0.1, 0.15) is 15.9 Å². The van der Waals surface area contributed by atoms with Crippen LogP contribution in [0.15, 0.2) is 70.4 Å². The van der Waals surface area contributed by atoms with Gasteiger partial charge < -0.3 is 10.3 Å². The topological polar surface area (TPSA) is 99.3 Å². The Hall–Kier alpha value is -3.23. The number of pyridine rings is 1. The highest BCUT2D eigenvalue weighted by molar-refractivity contribution is 7.89. The van der Waals surface area contributed by atoms with E-state index in [2.05, 4.69) is 10.3 Å². The second-order valence-electron chi connectivity index (χ2n) is 6.70. The lowest BCUT2D eigenvalue weighted by Crippen LogP contribution is -2.24. The van der Waals surface area contributed by atoms with E-state index in [9.17, 15) is 18.0 Å². The number of benzene rings is 2. The van der Waals surface area contributed by atoms with Crippen molar-refractivity contribution < 1.29 is 13.2 Å². The second kappa shape index (κ2) is 8.02. The summed E-state index contributed by atoms with van der Waals surface area (Å²) in [6, 6.07) is 17.0. The zero-order valence-electron chi connectivity index (χ0n) is 16.3. The van der Waals surface area contributed by atoms with Crippen molar-refractivity contribution in [1.29, 1.82) is 0 Å². The van der Waals surface area contributed by atoms with E-state index in [-0.39, 0.29) is 16.1 Å². The smallest absolute Gasteiger partial charge is 0.261 e. The van der Waals surface area contributed by atoms with Crippen LogP contribution >= 0.6 is 0 Å². The molecule has 0 atom stereocenters. The van der Waals surface area contributed by atoms with E-state index in [4.69, 9.17) is 0 Å². The minimum atomic E-state index is -3.66. The number of carbonyl (C=O) groups excluding carboxylic acids is 1. The molecule has 0 spiro atoms. The van der Waals surface area contributed by atoms with Crippen LogP contribution < -0.4 is 10.9 Å². The summed E-state index contributed by atoms with van der Waals surface area (Å²) in [5.41, 5.74) is 1.67. The number of aromatic amines is 1. The molecule has 0 saturated carbocycles. The number of aryl methyl sites for hydroxylation is 1. The molecule has 0 unspecified atom stereocenters. The molecule has 0 bridgehead atoms. The third-order valence-corrected chi connectivity index (χ3v) is 6.40. The van der Waals surface area contributed by atoms with Crippen LogP contribution in [0.25, 0.3) is 11.3 Å². The molecular formula is C21H21N3O4S. The number of hydrogen-bond acceptors (Lipinski definition) is 4. The van der Waals surface area contributed by atoms with Crippen molar-refractivity contribution in [3.63, 3.8) is 0 Å². The quantitative estimate of drug-likeness (QED) is 0.674. The fourth-order valence-corrected chi connectivity index (χ4v) is 3.93. The number of amides is 1. The number of nitrogens with one attached hydrogen (secondary N) is 2. The molecule has 8 heteroatoms. The van der Waals surface area contributed by atoms with Gasteiger partial charge in [-0.25, -0.2) is 12.7 Å². The first-order valence-electron chi connectivity index (χ1n) is 8.83. The van der Waals surface area contributed by atoms with E-state index in [0.29, 0.717) is 11.3 Å². The van der Waals surface area contributed by atoms with E-state index in [1.54, 1.807) is 25.1 Å². The van der Waals surface area contributed by atoms with Crippen molar-refractivity contribution >= 4 is 21.6 Å². The molecule has 0 fully saturated rings. The van der Waals surface area contributed by atoms with Crippen LogP contribution in [0.2, 0.25) is 0 Å². The first-order valence-corrected chi connectivity index (χ1v) is 10.3. The molecule has 1 amide bonds. The normalized spacial score (nSPS) is 11.4. The maximum atomic E-state index is 12.6. The van der Waals surface area contributed by atoms with Crippen molar-refractivity contribution in [2.24, 2.45) is 0 Å². The average Bonchev–Trinajstić information content (AvgIpc) is 2.69. The summed E-state index contributed by atoms with van der Waals surface area (Å²) in [5, 5.41) is 2.60. The van der Waals surface area contributed by atoms with Crippen LogP contribution in [0.3, 0.4) is 0 Å². The van der Waals surface area contributed by atoms with Crippen molar-refractivity contribution in [3.8, 4) is 11.3 Å². The van der Waals surface area contributed by atoms with Gasteiger partial charge in [0.15, 0.2) is 0 Å². The predicted molar refractivity (Wildman–Crippen MR) is 113 cm³/mol. The number of carbonyl (C=O) groups is 1. The van der Waals surface area contributed by atoms with Crippen LogP contribution in [0, 0.1) is 6.92 Å². The van der Waals surface area contributed by atoms with Gasteiger partial charge in [0.2, 0.25) is 10.0 Å². The third-order valence-electron chi connectivity index (χ3n) is 4.44. The molecule has 3 rings (SSSR count). The molecule has 3 aromatic rings. The van der Waals surface area contributed by atoms with Gasteiger partial charge >= 0.3 is 0 Å². The summed E-state index contributed by atoms with van der Waals surface area (Å²) < 4.78 is 26.0. The Bertz CT molecular complexity index is 1220. The number of rotatable bonds is 5. The molecule has 1 heterocycles. The molecule has 0 aliphatic rings. The van der Waals surface area contributed by atoms with Gasteiger partial charge in [-0.1, -0.05) is 36.4 Å². The Morgan fingerprint density at radius 3 is 2.31 bits per heavy atom.